The summed E-state index contributed by atoms with van der Waals surface area (Å²) in [4.78, 5) is 11.4. The molecule has 1 amide bonds. The fraction of sp³-hybridized carbons (Fsp3) is 0.0625. The lowest BCUT2D eigenvalue weighted by molar-refractivity contribution is -0.125. The number of carbonyl (C=O) groups is 1. The molecule has 3 N–H and O–H groups in total. The van der Waals surface area contributed by atoms with Gasteiger partial charge in [-0.15, -0.1) is 0 Å². The quantitative estimate of drug-likeness (QED) is 0.445. The number of hydrogen-bond donors (Lipinski definition) is 3. The van der Waals surface area contributed by atoms with Crippen LogP contribution < -0.4 is 10.2 Å². The first-order chi connectivity index (χ1) is 10.9. The highest BCUT2D eigenvalue weighted by Crippen LogP contribution is 2.17. The van der Waals surface area contributed by atoms with Gasteiger partial charge in [0.2, 0.25) is 0 Å². The molecule has 6 nitrogen and oxygen atoms in total. The smallest absolute Gasteiger partial charge is 0.270 e. The summed E-state index contributed by atoms with van der Waals surface area (Å²) in [5.74, 6) is -0.598. The van der Waals surface area contributed by atoms with Crippen molar-refractivity contribution in [3.05, 3.63) is 65.7 Å². The Kier molecular flexibility index (Phi) is 5.15. The Bertz CT molecular complexity index is 813. The molecule has 0 bridgehead atoms. The second kappa shape index (κ2) is 7.08. The highest BCUT2D eigenvalue weighted by molar-refractivity contribution is 7.92. The first-order valence-corrected chi connectivity index (χ1v) is 8.21. The summed E-state index contributed by atoms with van der Waals surface area (Å²) < 4.78 is 26.9. The lowest BCUT2D eigenvalue weighted by Crippen LogP contribution is -2.19. The summed E-state index contributed by atoms with van der Waals surface area (Å²) >= 11 is 0. The van der Waals surface area contributed by atoms with E-state index in [0.29, 0.717) is 16.8 Å². The molecule has 0 spiro atoms. The third-order valence-electron chi connectivity index (χ3n) is 3.06. The van der Waals surface area contributed by atoms with Gasteiger partial charge in [0.15, 0.2) is 0 Å². The van der Waals surface area contributed by atoms with Crippen LogP contribution in [0.25, 0.3) is 6.08 Å². The van der Waals surface area contributed by atoms with Gasteiger partial charge >= 0.3 is 0 Å². The van der Waals surface area contributed by atoms with E-state index in [0.717, 1.165) is 0 Å². The molecule has 23 heavy (non-hydrogen) atoms. The van der Waals surface area contributed by atoms with Crippen molar-refractivity contribution in [2.45, 2.75) is 11.8 Å². The number of anilines is 1. The van der Waals surface area contributed by atoms with Crippen LogP contribution in [0.3, 0.4) is 0 Å². The Morgan fingerprint density at radius 3 is 2.22 bits per heavy atom. The summed E-state index contributed by atoms with van der Waals surface area (Å²) in [5, 5.41) is 8.55. The van der Waals surface area contributed by atoms with E-state index in [2.05, 4.69) is 4.72 Å². The van der Waals surface area contributed by atoms with Crippen molar-refractivity contribution in [1.82, 2.24) is 5.48 Å². The second-order valence-electron chi connectivity index (χ2n) is 4.81. The van der Waals surface area contributed by atoms with Crippen LogP contribution in [-0.2, 0) is 14.8 Å². The first-order valence-electron chi connectivity index (χ1n) is 6.73. The van der Waals surface area contributed by atoms with E-state index in [1.807, 2.05) is 0 Å². The number of hydrogen-bond acceptors (Lipinski definition) is 4. The number of hydroxylamine groups is 1. The number of amides is 1. The standard InChI is InChI=1S/C16H16N2O4S/c1-12(16(19)17-20)11-13-7-9-14(10-8-13)18-23(21,22)15-5-3-2-4-6-15/h2-11,18,20H,1H3,(H,17,19)/b12-11-. The van der Waals surface area contributed by atoms with Crippen LogP contribution in [0.5, 0.6) is 0 Å². The first kappa shape index (κ1) is 16.7. The minimum Gasteiger partial charge on any atom is -0.288 e. The van der Waals surface area contributed by atoms with Gasteiger partial charge in [-0.25, -0.2) is 13.9 Å². The third kappa shape index (κ3) is 4.41. The lowest BCUT2D eigenvalue weighted by atomic mass is 10.1. The predicted octanol–water partition coefficient (Wildman–Crippen LogP) is 2.40. The van der Waals surface area contributed by atoms with Gasteiger partial charge in [-0.2, -0.15) is 0 Å². The molecule has 0 aliphatic rings. The Morgan fingerprint density at radius 2 is 1.65 bits per heavy atom. The van der Waals surface area contributed by atoms with E-state index >= 15 is 0 Å². The zero-order valence-electron chi connectivity index (χ0n) is 12.4. The molecule has 0 atom stereocenters. The summed E-state index contributed by atoms with van der Waals surface area (Å²) in [5.41, 5.74) is 2.99. The average Bonchev–Trinajstić information content (AvgIpc) is 2.56. The van der Waals surface area contributed by atoms with Crippen molar-refractivity contribution in [3.8, 4) is 0 Å². The summed E-state index contributed by atoms with van der Waals surface area (Å²) in [6.45, 7) is 1.55. The molecule has 0 fully saturated rings. The maximum absolute atomic E-state index is 12.2. The van der Waals surface area contributed by atoms with E-state index in [4.69, 9.17) is 5.21 Å². The maximum Gasteiger partial charge on any atom is 0.270 e. The topological polar surface area (TPSA) is 95.5 Å². The number of nitrogens with one attached hydrogen (secondary N) is 2. The van der Waals surface area contributed by atoms with Crippen molar-refractivity contribution in [2.24, 2.45) is 0 Å². The maximum atomic E-state index is 12.2. The number of carbonyl (C=O) groups excluding carboxylic acids is 1. The summed E-state index contributed by atoms with van der Waals surface area (Å²) in [6.07, 6.45) is 1.57. The number of rotatable bonds is 5. The minimum atomic E-state index is -3.63. The summed E-state index contributed by atoms with van der Waals surface area (Å²) in [7, 11) is -3.63. The van der Waals surface area contributed by atoms with Gasteiger partial charge < -0.3 is 0 Å². The molecule has 0 heterocycles. The molecule has 0 unspecified atom stereocenters. The molecule has 2 rings (SSSR count). The predicted molar refractivity (Wildman–Crippen MR) is 87.3 cm³/mol. The second-order valence-corrected chi connectivity index (χ2v) is 6.49. The molecular weight excluding hydrogens is 316 g/mol. The van der Waals surface area contributed by atoms with Crippen LogP contribution >= 0.6 is 0 Å². The lowest BCUT2D eigenvalue weighted by Gasteiger charge is -2.08. The van der Waals surface area contributed by atoms with Gasteiger partial charge in [-0.3, -0.25) is 14.7 Å². The SMILES string of the molecule is C/C(=C/c1ccc(NS(=O)(=O)c2ccccc2)cc1)C(=O)NO. The van der Waals surface area contributed by atoms with Gasteiger partial charge in [0.1, 0.15) is 0 Å². The van der Waals surface area contributed by atoms with Crippen molar-refractivity contribution in [2.75, 3.05) is 4.72 Å². The molecule has 0 aromatic heterocycles. The van der Waals surface area contributed by atoms with E-state index in [9.17, 15) is 13.2 Å². The molecule has 2 aromatic rings. The third-order valence-corrected chi connectivity index (χ3v) is 4.46. The summed E-state index contributed by atoms with van der Waals surface area (Å²) in [6, 6.07) is 14.6. The minimum absolute atomic E-state index is 0.180. The van der Waals surface area contributed by atoms with Crippen LogP contribution in [0, 0.1) is 0 Å². The molecule has 0 saturated carbocycles. The van der Waals surface area contributed by atoms with Gasteiger partial charge in [-0.05, 0) is 42.8 Å². The Hall–Kier alpha value is -2.64. The average molecular weight is 332 g/mol. The fourth-order valence-electron chi connectivity index (χ4n) is 1.86. The van der Waals surface area contributed by atoms with E-state index in [1.54, 1.807) is 60.9 Å². The molecule has 0 aliphatic heterocycles. The van der Waals surface area contributed by atoms with Crippen molar-refractivity contribution >= 4 is 27.7 Å². The monoisotopic (exact) mass is 332 g/mol. The van der Waals surface area contributed by atoms with Gasteiger partial charge in [0, 0.05) is 11.3 Å². The van der Waals surface area contributed by atoms with E-state index < -0.39 is 15.9 Å². The Balaban J connectivity index is 2.16. The largest absolute Gasteiger partial charge is 0.288 e. The molecule has 120 valence electrons. The van der Waals surface area contributed by atoms with Crippen LogP contribution in [0.4, 0.5) is 5.69 Å². The zero-order valence-corrected chi connectivity index (χ0v) is 13.2. The van der Waals surface area contributed by atoms with Crippen molar-refractivity contribution in [1.29, 1.82) is 0 Å². The highest BCUT2D eigenvalue weighted by Gasteiger charge is 2.13. The van der Waals surface area contributed by atoms with Crippen molar-refractivity contribution in [3.63, 3.8) is 0 Å². The van der Waals surface area contributed by atoms with Crippen molar-refractivity contribution < 1.29 is 18.4 Å². The molecular formula is C16H16N2O4S. The zero-order chi connectivity index (χ0) is 16.9. The highest BCUT2D eigenvalue weighted by atomic mass is 32.2. The van der Waals surface area contributed by atoms with Gasteiger partial charge in [0.05, 0.1) is 4.90 Å². The van der Waals surface area contributed by atoms with Crippen LogP contribution in [0.15, 0.2) is 65.1 Å². The Morgan fingerprint density at radius 1 is 1.04 bits per heavy atom. The van der Waals surface area contributed by atoms with Crippen LogP contribution in [0.2, 0.25) is 0 Å². The van der Waals surface area contributed by atoms with E-state index in [-0.39, 0.29) is 4.90 Å². The number of sulfonamides is 1. The van der Waals surface area contributed by atoms with Gasteiger partial charge in [0.25, 0.3) is 15.9 Å². The molecule has 0 radical (unpaired) electrons. The Labute approximate surface area is 134 Å². The normalized spacial score (nSPS) is 11.8. The fourth-order valence-corrected chi connectivity index (χ4v) is 2.94. The molecule has 0 aliphatic carbocycles. The number of benzene rings is 2. The molecule has 0 saturated heterocycles. The van der Waals surface area contributed by atoms with Crippen LogP contribution in [-0.4, -0.2) is 19.5 Å². The molecule has 7 heteroatoms. The van der Waals surface area contributed by atoms with Gasteiger partial charge in [-0.1, -0.05) is 30.3 Å². The molecule has 2 aromatic carbocycles. The van der Waals surface area contributed by atoms with Crippen LogP contribution in [0.1, 0.15) is 12.5 Å². The van der Waals surface area contributed by atoms with E-state index in [1.165, 1.54) is 12.1 Å².